The molecule has 1 rings (SSSR count). The lowest BCUT2D eigenvalue weighted by Gasteiger charge is -2.04. The van der Waals surface area contributed by atoms with Crippen LogP contribution in [0.25, 0.3) is 0 Å². The maximum Gasteiger partial charge on any atom is 0.337 e. The van der Waals surface area contributed by atoms with E-state index in [4.69, 9.17) is 0 Å². The molecule has 0 saturated heterocycles. The number of hydrogen-bond donors (Lipinski definition) is 3. The summed E-state index contributed by atoms with van der Waals surface area (Å²) in [6.45, 7) is 0. The quantitative estimate of drug-likeness (QED) is 0.501. The van der Waals surface area contributed by atoms with Gasteiger partial charge in [0.1, 0.15) is 6.33 Å². The fourth-order valence-electron chi connectivity index (χ4n) is 0.686. The number of hydrazine groups is 1. The second-order valence-electron chi connectivity index (χ2n) is 2.10. The van der Waals surface area contributed by atoms with E-state index in [-0.39, 0.29) is 0 Å². The van der Waals surface area contributed by atoms with Crippen molar-refractivity contribution in [2.75, 3.05) is 7.05 Å². The minimum absolute atomic E-state index is 0.565. The molecule has 1 aromatic rings. The largest absolute Gasteiger partial charge is 0.337 e. The SMILES string of the molecule is CNNC(=O)NC(=O)n1ccnc1. The number of imidazole rings is 1. The average molecular weight is 183 g/mol. The van der Waals surface area contributed by atoms with Gasteiger partial charge in [0.15, 0.2) is 0 Å². The van der Waals surface area contributed by atoms with Gasteiger partial charge in [-0.1, -0.05) is 0 Å². The molecule has 13 heavy (non-hydrogen) atoms. The summed E-state index contributed by atoms with van der Waals surface area (Å²) in [6, 6.07) is -1.19. The Morgan fingerprint density at radius 3 is 2.77 bits per heavy atom. The zero-order valence-electron chi connectivity index (χ0n) is 6.94. The lowest BCUT2D eigenvalue weighted by Crippen LogP contribution is -2.45. The fourth-order valence-corrected chi connectivity index (χ4v) is 0.686. The Morgan fingerprint density at radius 1 is 1.46 bits per heavy atom. The summed E-state index contributed by atoms with van der Waals surface area (Å²) < 4.78 is 1.15. The molecule has 7 heteroatoms. The number of urea groups is 1. The molecule has 0 aliphatic heterocycles. The van der Waals surface area contributed by atoms with Crippen LogP contribution in [-0.4, -0.2) is 28.7 Å². The molecule has 1 heterocycles. The molecule has 3 N–H and O–H groups in total. The van der Waals surface area contributed by atoms with E-state index in [1.54, 1.807) is 0 Å². The second kappa shape index (κ2) is 4.21. The number of imide groups is 1. The van der Waals surface area contributed by atoms with Crippen molar-refractivity contribution >= 4 is 12.1 Å². The van der Waals surface area contributed by atoms with Gasteiger partial charge in [-0.05, 0) is 0 Å². The number of hydrogen-bond acceptors (Lipinski definition) is 4. The van der Waals surface area contributed by atoms with Gasteiger partial charge in [0.2, 0.25) is 0 Å². The average Bonchev–Trinajstić information content (AvgIpc) is 2.55. The first kappa shape index (κ1) is 9.20. The van der Waals surface area contributed by atoms with Gasteiger partial charge in [-0.25, -0.2) is 20.0 Å². The lowest BCUT2D eigenvalue weighted by atomic mass is 10.8. The van der Waals surface area contributed by atoms with Crippen molar-refractivity contribution in [3.05, 3.63) is 18.7 Å². The van der Waals surface area contributed by atoms with Gasteiger partial charge in [-0.15, -0.1) is 0 Å². The summed E-state index contributed by atoms with van der Waals surface area (Å²) in [5.41, 5.74) is 4.56. The summed E-state index contributed by atoms with van der Waals surface area (Å²) in [6.07, 6.45) is 4.17. The first-order valence-electron chi connectivity index (χ1n) is 3.50. The molecule has 0 fully saturated rings. The fraction of sp³-hybridized carbons (Fsp3) is 0.167. The maximum atomic E-state index is 11.1. The van der Waals surface area contributed by atoms with E-state index >= 15 is 0 Å². The van der Waals surface area contributed by atoms with Gasteiger partial charge in [0, 0.05) is 19.4 Å². The zero-order valence-corrected chi connectivity index (χ0v) is 6.94. The topological polar surface area (TPSA) is 88.0 Å². The van der Waals surface area contributed by atoms with Crippen molar-refractivity contribution in [2.45, 2.75) is 0 Å². The molecule has 0 aliphatic carbocycles. The van der Waals surface area contributed by atoms with Crippen LogP contribution in [0.4, 0.5) is 9.59 Å². The standard InChI is InChI=1S/C6H9N5O2/c1-7-10-5(12)9-6(13)11-3-2-8-4-11/h2-4,7H,1H3,(H2,9,10,12,13). The molecule has 0 aromatic carbocycles. The molecule has 0 saturated carbocycles. The summed E-state index contributed by atoms with van der Waals surface area (Å²) in [7, 11) is 1.52. The summed E-state index contributed by atoms with van der Waals surface area (Å²) in [5.74, 6) is 0. The maximum absolute atomic E-state index is 11.1. The van der Waals surface area contributed by atoms with E-state index in [1.165, 1.54) is 25.8 Å². The van der Waals surface area contributed by atoms with Crippen LogP contribution in [0.15, 0.2) is 18.7 Å². The number of nitrogens with one attached hydrogen (secondary N) is 3. The van der Waals surface area contributed by atoms with Crippen molar-refractivity contribution in [1.29, 1.82) is 0 Å². The van der Waals surface area contributed by atoms with Gasteiger partial charge in [-0.3, -0.25) is 15.3 Å². The van der Waals surface area contributed by atoms with Crippen molar-refractivity contribution in [1.82, 2.24) is 25.7 Å². The van der Waals surface area contributed by atoms with Crippen LogP contribution >= 0.6 is 0 Å². The van der Waals surface area contributed by atoms with E-state index < -0.39 is 12.1 Å². The first-order valence-corrected chi connectivity index (χ1v) is 3.50. The first-order chi connectivity index (χ1) is 6.24. The van der Waals surface area contributed by atoms with Crippen molar-refractivity contribution in [3.63, 3.8) is 0 Å². The van der Waals surface area contributed by atoms with Crippen LogP contribution in [0, 0.1) is 0 Å². The van der Waals surface area contributed by atoms with E-state index in [0.29, 0.717) is 0 Å². The van der Waals surface area contributed by atoms with Crippen LogP contribution in [0.1, 0.15) is 0 Å². The number of carbonyl (C=O) groups is 2. The number of carbonyl (C=O) groups excluding carboxylic acids is 2. The summed E-state index contributed by atoms with van der Waals surface area (Å²) in [4.78, 5) is 25.6. The Bertz CT molecular complexity index is 294. The molecule has 1 aromatic heterocycles. The van der Waals surface area contributed by atoms with Gasteiger partial charge >= 0.3 is 12.1 Å². The van der Waals surface area contributed by atoms with E-state index in [0.717, 1.165) is 4.57 Å². The van der Waals surface area contributed by atoms with Crippen molar-refractivity contribution in [2.24, 2.45) is 0 Å². The van der Waals surface area contributed by atoms with Gasteiger partial charge in [0.25, 0.3) is 0 Å². The Morgan fingerprint density at radius 2 is 2.23 bits per heavy atom. The molecule has 0 aliphatic rings. The number of aromatic nitrogens is 2. The highest BCUT2D eigenvalue weighted by atomic mass is 16.2. The van der Waals surface area contributed by atoms with Crippen LogP contribution in [-0.2, 0) is 0 Å². The van der Waals surface area contributed by atoms with Crippen LogP contribution in [0.5, 0.6) is 0 Å². The van der Waals surface area contributed by atoms with Crippen LogP contribution in [0.3, 0.4) is 0 Å². The number of amides is 3. The molecule has 0 unspecified atom stereocenters. The highest BCUT2D eigenvalue weighted by Crippen LogP contribution is 1.83. The van der Waals surface area contributed by atoms with Crippen molar-refractivity contribution in [3.8, 4) is 0 Å². The third-order valence-electron chi connectivity index (χ3n) is 1.20. The highest BCUT2D eigenvalue weighted by molar-refractivity contribution is 5.94. The Labute approximate surface area is 74.1 Å². The van der Waals surface area contributed by atoms with E-state index in [2.05, 4.69) is 21.2 Å². The molecule has 0 bridgehead atoms. The Kier molecular flexibility index (Phi) is 2.98. The lowest BCUT2D eigenvalue weighted by molar-refractivity contribution is 0.226. The third-order valence-corrected chi connectivity index (χ3v) is 1.20. The third kappa shape index (κ3) is 2.56. The molecule has 3 amide bonds. The molecule has 0 atom stereocenters. The molecular weight excluding hydrogens is 174 g/mol. The van der Waals surface area contributed by atoms with Crippen LogP contribution in [0.2, 0.25) is 0 Å². The molecule has 70 valence electrons. The zero-order chi connectivity index (χ0) is 9.68. The van der Waals surface area contributed by atoms with Crippen LogP contribution < -0.4 is 16.2 Å². The normalized spacial score (nSPS) is 9.31. The summed E-state index contributed by atoms with van der Waals surface area (Å²) in [5, 5.41) is 2.05. The predicted octanol–water partition coefficient (Wildman–Crippen LogP) is -0.715. The monoisotopic (exact) mass is 183 g/mol. The highest BCUT2D eigenvalue weighted by Gasteiger charge is 2.06. The van der Waals surface area contributed by atoms with Gasteiger partial charge in [-0.2, -0.15) is 0 Å². The smallest absolute Gasteiger partial charge is 0.273 e. The minimum Gasteiger partial charge on any atom is -0.273 e. The Hall–Kier alpha value is -1.89. The number of nitrogens with zero attached hydrogens (tertiary/aromatic N) is 2. The van der Waals surface area contributed by atoms with E-state index in [1.807, 2.05) is 0 Å². The summed E-state index contributed by atoms with van der Waals surface area (Å²) >= 11 is 0. The number of rotatable bonds is 1. The minimum atomic E-state index is -0.624. The molecule has 0 spiro atoms. The van der Waals surface area contributed by atoms with Crippen molar-refractivity contribution < 1.29 is 9.59 Å². The molecular formula is C6H9N5O2. The molecule has 0 radical (unpaired) electrons. The predicted molar refractivity (Wildman–Crippen MR) is 43.7 cm³/mol. The second-order valence-corrected chi connectivity index (χ2v) is 2.10. The Balaban J connectivity index is 2.47. The van der Waals surface area contributed by atoms with Gasteiger partial charge < -0.3 is 0 Å². The van der Waals surface area contributed by atoms with Gasteiger partial charge in [0.05, 0.1) is 0 Å². The molecule has 7 nitrogen and oxygen atoms in total. The van der Waals surface area contributed by atoms with E-state index in [9.17, 15) is 9.59 Å².